The summed E-state index contributed by atoms with van der Waals surface area (Å²) in [5.41, 5.74) is 5.31. The first-order valence-electron chi connectivity index (χ1n) is 5.18. The van der Waals surface area contributed by atoms with E-state index >= 15 is 0 Å². The van der Waals surface area contributed by atoms with Gasteiger partial charge in [0, 0.05) is 19.0 Å². The molecule has 0 aromatic rings. The van der Waals surface area contributed by atoms with Crippen molar-refractivity contribution >= 4 is 16.0 Å². The van der Waals surface area contributed by atoms with Crippen molar-refractivity contribution in [1.82, 2.24) is 9.44 Å². The summed E-state index contributed by atoms with van der Waals surface area (Å²) >= 11 is 0. The third-order valence-electron chi connectivity index (χ3n) is 1.94. The molecule has 0 aromatic carbocycles. The van der Waals surface area contributed by atoms with E-state index < -0.39 is 10.2 Å². The average molecular weight is 252 g/mol. The monoisotopic (exact) mass is 252 g/mol. The van der Waals surface area contributed by atoms with Crippen LogP contribution >= 0.6 is 0 Å². The van der Waals surface area contributed by atoms with Gasteiger partial charge in [-0.05, 0) is 12.8 Å². The van der Waals surface area contributed by atoms with Crippen LogP contribution in [0.4, 0.5) is 0 Å². The van der Waals surface area contributed by atoms with Gasteiger partial charge in [-0.2, -0.15) is 13.1 Å². The number of hydrogen-bond acceptors (Lipinski definition) is 4. The van der Waals surface area contributed by atoms with Crippen LogP contribution in [0.2, 0.25) is 0 Å². The van der Waals surface area contributed by atoms with Gasteiger partial charge in [0.15, 0.2) is 0 Å². The summed E-state index contributed by atoms with van der Waals surface area (Å²) in [6.45, 7) is 4.07. The molecule has 0 rings (SSSR count). The second-order valence-electron chi connectivity index (χ2n) is 3.42. The molecule has 0 amide bonds. The van der Waals surface area contributed by atoms with E-state index in [1.165, 1.54) is 0 Å². The van der Waals surface area contributed by atoms with Gasteiger partial charge in [-0.15, -0.1) is 0 Å². The largest absolute Gasteiger partial charge is 0.409 e. The summed E-state index contributed by atoms with van der Waals surface area (Å²) < 4.78 is 27.7. The van der Waals surface area contributed by atoms with Crippen molar-refractivity contribution < 1.29 is 13.6 Å². The zero-order valence-electron chi connectivity index (χ0n) is 9.60. The highest BCUT2D eigenvalue weighted by Crippen LogP contribution is 1.99. The molecule has 5 N–H and O–H groups in total. The van der Waals surface area contributed by atoms with Crippen LogP contribution in [-0.2, 0) is 10.2 Å². The van der Waals surface area contributed by atoms with E-state index in [2.05, 4.69) is 14.6 Å². The van der Waals surface area contributed by atoms with Crippen LogP contribution in [0, 0.1) is 0 Å². The minimum Gasteiger partial charge on any atom is -0.409 e. The Morgan fingerprint density at radius 2 is 2.12 bits per heavy atom. The standard InChI is InChI=1S/C8H20N4O3S/c1-3-5-10-16(14,15)12-7(4-2)6-8(9)11-13/h7,10,12-13H,3-6H2,1-2H3,(H2,9,11). The van der Waals surface area contributed by atoms with Gasteiger partial charge in [-0.3, -0.25) is 0 Å². The minimum atomic E-state index is -3.50. The van der Waals surface area contributed by atoms with E-state index in [-0.39, 0.29) is 18.3 Å². The topological polar surface area (TPSA) is 117 Å². The maximum atomic E-state index is 11.5. The van der Waals surface area contributed by atoms with Gasteiger partial charge in [0.1, 0.15) is 5.84 Å². The summed E-state index contributed by atoms with van der Waals surface area (Å²) in [5.74, 6) is 0.00467. The smallest absolute Gasteiger partial charge is 0.277 e. The van der Waals surface area contributed by atoms with Crippen molar-refractivity contribution in [3.05, 3.63) is 0 Å². The molecule has 0 saturated carbocycles. The lowest BCUT2D eigenvalue weighted by Crippen LogP contribution is -2.44. The number of oxime groups is 1. The summed E-state index contributed by atoms with van der Waals surface area (Å²) in [6.07, 6.45) is 1.46. The van der Waals surface area contributed by atoms with Crippen molar-refractivity contribution in [1.29, 1.82) is 0 Å². The molecule has 96 valence electrons. The van der Waals surface area contributed by atoms with Crippen molar-refractivity contribution in [2.24, 2.45) is 10.9 Å². The molecule has 0 aromatic heterocycles. The number of hydrogen-bond donors (Lipinski definition) is 4. The van der Waals surface area contributed by atoms with E-state index in [0.29, 0.717) is 13.0 Å². The molecular formula is C8H20N4O3S. The SMILES string of the molecule is CCCNS(=O)(=O)NC(CC)CC(N)=NO. The minimum absolute atomic E-state index is 0.00467. The van der Waals surface area contributed by atoms with Gasteiger partial charge < -0.3 is 10.9 Å². The van der Waals surface area contributed by atoms with E-state index in [9.17, 15) is 8.42 Å². The van der Waals surface area contributed by atoms with Crippen molar-refractivity contribution in [3.63, 3.8) is 0 Å². The average Bonchev–Trinajstić information content (AvgIpc) is 2.25. The molecule has 0 aliphatic rings. The van der Waals surface area contributed by atoms with E-state index in [4.69, 9.17) is 10.9 Å². The zero-order chi connectivity index (χ0) is 12.6. The summed E-state index contributed by atoms with van der Waals surface area (Å²) in [6, 6.07) is -0.370. The summed E-state index contributed by atoms with van der Waals surface area (Å²) in [4.78, 5) is 0. The first-order valence-corrected chi connectivity index (χ1v) is 6.66. The van der Waals surface area contributed by atoms with Gasteiger partial charge in [-0.1, -0.05) is 19.0 Å². The Kier molecular flexibility index (Phi) is 7.02. The lowest BCUT2D eigenvalue weighted by atomic mass is 10.1. The zero-order valence-corrected chi connectivity index (χ0v) is 10.4. The van der Waals surface area contributed by atoms with Gasteiger partial charge in [0.05, 0.1) is 0 Å². The Bertz CT molecular complexity index is 315. The first-order chi connectivity index (χ1) is 7.45. The predicted molar refractivity (Wildman–Crippen MR) is 62.5 cm³/mol. The molecule has 0 radical (unpaired) electrons. The normalized spacial score (nSPS) is 15.0. The second-order valence-corrected chi connectivity index (χ2v) is 4.95. The molecule has 0 saturated heterocycles. The lowest BCUT2D eigenvalue weighted by Gasteiger charge is -2.16. The van der Waals surface area contributed by atoms with Gasteiger partial charge in [0.2, 0.25) is 0 Å². The third-order valence-corrected chi connectivity index (χ3v) is 3.17. The molecule has 0 aliphatic carbocycles. The number of nitrogens with one attached hydrogen (secondary N) is 2. The van der Waals surface area contributed by atoms with Crippen molar-refractivity contribution in [2.45, 2.75) is 39.2 Å². The van der Waals surface area contributed by atoms with Crippen molar-refractivity contribution in [3.8, 4) is 0 Å². The molecule has 0 fully saturated rings. The summed E-state index contributed by atoms with van der Waals surface area (Å²) in [5, 5.41) is 11.2. The van der Waals surface area contributed by atoms with Crippen LogP contribution < -0.4 is 15.2 Å². The molecule has 0 spiro atoms. The lowest BCUT2D eigenvalue weighted by molar-refractivity contribution is 0.316. The maximum absolute atomic E-state index is 11.5. The Labute approximate surface area is 96.3 Å². The molecular weight excluding hydrogens is 232 g/mol. The van der Waals surface area contributed by atoms with Crippen LogP contribution in [0.1, 0.15) is 33.1 Å². The van der Waals surface area contributed by atoms with Crippen molar-refractivity contribution in [2.75, 3.05) is 6.54 Å². The Morgan fingerprint density at radius 1 is 1.50 bits per heavy atom. The fourth-order valence-corrected chi connectivity index (χ4v) is 2.31. The first kappa shape index (κ1) is 15.1. The number of amidine groups is 1. The van der Waals surface area contributed by atoms with Crippen LogP contribution in [0.5, 0.6) is 0 Å². The quantitative estimate of drug-likeness (QED) is 0.206. The van der Waals surface area contributed by atoms with E-state index in [1.807, 2.05) is 13.8 Å². The number of nitrogens with two attached hydrogens (primary N) is 1. The fraction of sp³-hybridized carbons (Fsp3) is 0.875. The molecule has 7 nitrogen and oxygen atoms in total. The molecule has 0 heterocycles. The maximum Gasteiger partial charge on any atom is 0.277 e. The van der Waals surface area contributed by atoms with Gasteiger partial charge in [0.25, 0.3) is 10.2 Å². The highest BCUT2D eigenvalue weighted by Gasteiger charge is 2.16. The highest BCUT2D eigenvalue weighted by atomic mass is 32.2. The molecule has 16 heavy (non-hydrogen) atoms. The highest BCUT2D eigenvalue weighted by molar-refractivity contribution is 7.87. The van der Waals surface area contributed by atoms with Gasteiger partial charge in [-0.25, -0.2) is 4.72 Å². The molecule has 0 bridgehead atoms. The van der Waals surface area contributed by atoms with Crippen LogP contribution in [0.15, 0.2) is 5.16 Å². The molecule has 0 aliphatic heterocycles. The van der Waals surface area contributed by atoms with Crippen LogP contribution in [0.25, 0.3) is 0 Å². The fourth-order valence-electron chi connectivity index (χ4n) is 1.06. The van der Waals surface area contributed by atoms with E-state index in [1.54, 1.807) is 0 Å². The van der Waals surface area contributed by atoms with Gasteiger partial charge >= 0.3 is 0 Å². The number of rotatable bonds is 8. The van der Waals surface area contributed by atoms with Crippen LogP contribution in [0.3, 0.4) is 0 Å². The molecule has 1 atom stereocenters. The van der Waals surface area contributed by atoms with E-state index in [0.717, 1.165) is 6.42 Å². The van der Waals surface area contributed by atoms with Crippen LogP contribution in [-0.4, -0.2) is 32.0 Å². The second kappa shape index (κ2) is 7.42. The molecule has 1 unspecified atom stereocenters. The number of nitrogens with zero attached hydrogens (tertiary/aromatic N) is 1. The third kappa shape index (κ3) is 6.59. The molecule has 8 heteroatoms. The Balaban J connectivity index is 4.31. The Hall–Kier alpha value is -0.860. The predicted octanol–water partition coefficient (Wildman–Crippen LogP) is -0.264. The summed E-state index contributed by atoms with van der Waals surface area (Å²) in [7, 11) is -3.50. The Morgan fingerprint density at radius 3 is 2.56 bits per heavy atom.